The molecule has 0 fully saturated rings. The van der Waals surface area contributed by atoms with Crippen molar-refractivity contribution in [3.05, 3.63) is 71.4 Å². The molecule has 1 heterocycles. The second-order valence-electron chi connectivity index (χ2n) is 5.76. The zero-order valence-electron chi connectivity index (χ0n) is 12.6. The number of carbonyl (C=O) groups is 1. The van der Waals surface area contributed by atoms with E-state index in [9.17, 15) is 4.79 Å². The van der Waals surface area contributed by atoms with Crippen molar-refractivity contribution in [1.29, 1.82) is 0 Å². The van der Waals surface area contributed by atoms with Gasteiger partial charge in [0.05, 0.1) is 0 Å². The smallest absolute Gasteiger partial charge is 0.195 e. The number of carbonyl (C=O) groups excluding carboxylic acids is 1. The van der Waals surface area contributed by atoms with E-state index in [1.165, 1.54) is 0 Å². The quantitative estimate of drug-likeness (QED) is 0.632. The van der Waals surface area contributed by atoms with E-state index < -0.39 is 0 Å². The first-order valence-corrected chi connectivity index (χ1v) is 7.29. The van der Waals surface area contributed by atoms with Gasteiger partial charge in [0.2, 0.25) is 0 Å². The first kappa shape index (κ1) is 13.6. The van der Waals surface area contributed by atoms with Gasteiger partial charge in [-0.05, 0) is 26.8 Å². The summed E-state index contributed by atoms with van der Waals surface area (Å²) >= 11 is 0. The molecule has 0 aliphatic heterocycles. The summed E-state index contributed by atoms with van der Waals surface area (Å²) in [6.07, 6.45) is 1.98. The molecule has 0 bridgehead atoms. The van der Waals surface area contributed by atoms with Gasteiger partial charge in [0.15, 0.2) is 5.78 Å². The Morgan fingerprint density at radius 2 is 1.67 bits per heavy atom. The van der Waals surface area contributed by atoms with Crippen molar-refractivity contribution in [2.75, 3.05) is 0 Å². The Morgan fingerprint density at radius 1 is 1.00 bits per heavy atom. The van der Waals surface area contributed by atoms with Gasteiger partial charge in [0.1, 0.15) is 0 Å². The van der Waals surface area contributed by atoms with Crippen LogP contribution in [0.4, 0.5) is 0 Å². The van der Waals surface area contributed by atoms with Crippen LogP contribution in [0.2, 0.25) is 0 Å². The number of benzene rings is 2. The maximum Gasteiger partial charge on any atom is 0.195 e. The maximum absolute atomic E-state index is 12.8. The molecule has 106 valence electrons. The van der Waals surface area contributed by atoms with Gasteiger partial charge in [0.25, 0.3) is 0 Å². The topological polar surface area (TPSA) is 22.0 Å². The van der Waals surface area contributed by atoms with Crippen LogP contribution < -0.4 is 0 Å². The van der Waals surface area contributed by atoms with Crippen LogP contribution in [0.15, 0.2) is 54.7 Å². The maximum atomic E-state index is 12.8. The number of nitrogens with zero attached hydrogens (tertiary/aromatic N) is 1. The van der Waals surface area contributed by atoms with E-state index in [2.05, 4.69) is 24.5 Å². The van der Waals surface area contributed by atoms with Crippen molar-refractivity contribution >= 4 is 16.7 Å². The zero-order valence-corrected chi connectivity index (χ0v) is 12.6. The number of para-hydroxylation sites is 1. The molecular formula is C19H19NO. The number of hydrogen-bond donors (Lipinski definition) is 0. The molecule has 3 aromatic rings. The minimum absolute atomic E-state index is 0.0885. The second-order valence-corrected chi connectivity index (χ2v) is 5.76. The summed E-state index contributed by atoms with van der Waals surface area (Å²) in [5.74, 6) is 0.0885. The van der Waals surface area contributed by atoms with Crippen molar-refractivity contribution in [2.24, 2.45) is 0 Å². The van der Waals surface area contributed by atoms with E-state index in [1.54, 1.807) is 0 Å². The molecule has 0 N–H and O–H groups in total. The predicted octanol–water partition coefficient (Wildman–Crippen LogP) is 4.76. The van der Waals surface area contributed by atoms with Crippen molar-refractivity contribution in [3.8, 4) is 0 Å². The third-order valence-corrected chi connectivity index (χ3v) is 3.86. The summed E-state index contributed by atoms with van der Waals surface area (Å²) in [6.45, 7) is 6.29. The van der Waals surface area contributed by atoms with Gasteiger partial charge in [-0.15, -0.1) is 0 Å². The Morgan fingerprint density at radius 3 is 2.33 bits per heavy atom. The number of fused-ring (bicyclic) bond motifs is 1. The summed E-state index contributed by atoms with van der Waals surface area (Å²) < 4.78 is 2.16. The van der Waals surface area contributed by atoms with Gasteiger partial charge in [-0.1, -0.05) is 48.0 Å². The molecule has 2 aromatic carbocycles. The van der Waals surface area contributed by atoms with E-state index in [4.69, 9.17) is 0 Å². The minimum Gasteiger partial charge on any atom is -0.344 e. The van der Waals surface area contributed by atoms with E-state index in [1.807, 2.05) is 55.6 Å². The number of aromatic nitrogens is 1. The first-order chi connectivity index (χ1) is 10.1. The van der Waals surface area contributed by atoms with Crippen LogP contribution in [-0.2, 0) is 0 Å². The van der Waals surface area contributed by atoms with Gasteiger partial charge in [-0.3, -0.25) is 4.79 Å². The summed E-state index contributed by atoms with van der Waals surface area (Å²) in [5, 5.41) is 1.02. The molecule has 21 heavy (non-hydrogen) atoms. The van der Waals surface area contributed by atoms with E-state index in [0.29, 0.717) is 6.04 Å². The van der Waals surface area contributed by atoms with E-state index in [0.717, 1.165) is 27.6 Å². The highest BCUT2D eigenvalue weighted by Crippen LogP contribution is 2.26. The molecule has 0 aliphatic carbocycles. The molecular weight excluding hydrogens is 258 g/mol. The highest BCUT2D eigenvalue weighted by atomic mass is 16.1. The van der Waals surface area contributed by atoms with Crippen molar-refractivity contribution < 1.29 is 4.79 Å². The van der Waals surface area contributed by atoms with Crippen LogP contribution in [0.25, 0.3) is 10.9 Å². The fraction of sp³-hybridized carbons (Fsp3) is 0.211. The third kappa shape index (κ3) is 2.38. The zero-order chi connectivity index (χ0) is 15.0. The molecule has 0 saturated carbocycles. The van der Waals surface area contributed by atoms with Crippen LogP contribution in [0.3, 0.4) is 0 Å². The van der Waals surface area contributed by atoms with Gasteiger partial charge in [-0.2, -0.15) is 0 Å². The fourth-order valence-corrected chi connectivity index (χ4v) is 2.67. The monoisotopic (exact) mass is 277 g/mol. The average molecular weight is 277 g/mol. The van der Waals surface area contributed by atoms with E-state index in [-0.39, 0.29) is 5.78 Å². The Bertz CT molecular complexity index is 794. The van der Waals surface area contributed by atoms with Gasteiger partial charge < -0.3 is 4.57 Å². The van der Waals surface area contributed by atoms with Crippen LogP contribution in [0.5, 0.6) is 0 Å². The number of ketones is 1. The lowest BCUT2D eigenvalue weighted by molar-refractivity contribution is 0.104. The fourth-order valence-electron chi connectivity index (χ4n) is 2.67. The number of hydrogen-bond acceptors (Lipinski definition) is 1. The molecule has 0 radical (unpaired) electrons. The Balaban J connectivity index is 2.16. The lowest BCUT2D eigenvalue weighted by Crippen LogP contribution is -2.01. The van der Waals surface area contributed by atoms with Crippen LogP contribution in [0, 0.1) is 6.92 Å². The Labute approximate surface area is 125 Å². The Kier molecular flexibility index (Phi) is 3.38. The number of rotatable bonds is 3. The van der Waals surface area contributed by atoms with Gasteiger partial charge >= 0.3 is 0 Å². The van der Waals surface area contributed by atoms with Crippen molar-refractivity contribution in [3.63, 3.8) is 0 Å². The third-order valence-electron chi connectivity index (χ3n) is 3.86. The van der Waals surface area contributed by atoms with Crippen LogP contribution in [-0.4, -0.2) is 10.4 Å². The Hall–Kier alpha value is -2.35. The summed E-state index contributed by atoms with van der Waals surface area (Å²) in [7, 11) is 0. The predicted molar refractivity (Wildman–Crippen MR) is 86.9 cm³/mol. The van der Waals surface area contributed by atoms with Gasteiger partial charge in [-0.25, -0.2) is 0 Å². The minimum atomic E-state index is 0.0885. The molecule has 0 saturated heterocycles. The molecule has 0 unspecified atom stereocenters. The number of aryl methyl sites for hydroxylation is 1. The lowest BCUT2D eigenvalue weighted by atomic mass is 10.0. The molecule has 0 atom stereocenters. The highest BCUT2D eigenvalue weighted by molar-refractivity contribution is 6.16. The standard InChI is InChI=1S/C19H19NO/c1-13(2)20-12-17(16-6-4-5-7-18(16)20)19(21)15-10-8-14(3)9-11-15/h4-13H,1-3H3. The van der Waals surface area contributed by atoms with Crippen LogP contribution in [0.1, 0.15) is 41.4 Å². The SMILES string of the molecule is Cc1ccc(C(=O)c2cn(C(C)C)c3ccccc23)cc1. The average Bonchev–Trinajstić information content (AvgIpc) is 2.87. The molecule has 3 rings (SSSR count). The molecule has 0 spiro atoms. The van der Waals surface area contributed by atoms with E-state index >= 15 is 0 Å². The van der Waals surface area contributed by atoms with Gasteiger partial charge in [0, 0.05) is 34.3 Å². The normalized spacial score (nSPS) is 11.2. The molecule has 0 amide bonds. The first-order valence-electron chi connectivity index (χ1n) is 7.29. The summed E-state index contributed by atoms with van der Waals surface area (Å²) in [6, 6.07) is 16.2. The summed E-state index contributed by atoms with van der Waals surface area (Å²) in [5.41, 5.74) is 3.80. The summed E-state index contributed by atoms with van der Waals surface area (Å²) in [4.78, 5) is 12.8. The molecule has 1 aromatic heterocycles. The largest absolute Gasteiger partial charge is 0.344 e. The lowest BCUT2D eigenvalue weighted by Gasteiger charge is -2.08. The van der Waals surface area contributed by atoms with Crippen molar-refractivity contribution in [2.45, 2.75) is 26.8 Å². The van der Waals surface area contributed by atoms with Crippen molar-refractivity contribution in [1.82, 2.24) is 4.57 Å². The highest BCUT2D eigenvalue weighted by Gasteiger charge is 2.17. The second kappa shape index (κ2) is 5.21. The molecule has 2 nitrogen and oxygen atoms in total. The molecule has 2 heteroatoms. The van der Waals surface area contributed by atoms with Crippen LogP contribution >= 0.6 is 0 Å². The molecule has 0 aliphatic rings.